The van der Waals surface area contributed by atoms with Crippen molar-refractivity contribution in [2.24, 2.45) is 0 Å². The molecule has 5 heteroatoms. The minimum atomic E-state index is -0.978. The van der Waals surface area contributed by atoms with E-state index in [1.54, 1.807) is 0 Å². The fourth-order valence-corrected chi connectivity index (χ4v) is 4.00. The predicted molar refractivity (Wildman–Crippen MR) is 123 cm³/mol. The molecule has 30 heavy (non-hydrogen) atoms. The molecule has 0 bridgehead atoms. The van der Waals surface area contributed by atoms with Crippen LogP contribution in [0, 0.1) is 0 Å². The number of cyclic esters (lactones) is 1. The molecule has 0 spiro atoms. The van der Waals surface area contributed by atoms with Gasteiger partial charge in [-0.05, 0) is 36.4 Å². The number of esters is 1. The number of anilines is 3. The van der Waals surface area contributed by atoms with Crippen molar-refractivity contribution < 1.29 is 9.53 Å². The third-order valence-electron chi connectivity index (χ3n) is 5.73. The zero-order chi connectivity index (χ0) is 21.5. The Morgan fingerprint density at radius 3 is 1.83 bits per heavy atom. The van der Waals surface area contributed by atoms with Crippen LogP contribution in [0.1, 0.15) is 27.0 Å². The monoisotopic (exact) mass is 401 g/mol. The second kappa shape index (κ2) is 7.41. The lowest BCUT2D eigenvalue weighted by Crippen LogP contribution is -2.29. The molecule has 3 aromatic carbocycles. The second-order valence-electron chi connectivity index (χ2n) is 7.96. The fourth-order valence-electron chi connectivity index (χ4n) is 4.00. The van der Waals surface area contributed by atoms with Crippen LogP contribution in [0.15, 0.2) is 66.7 Å². The highest BCUT2D eigenvalue weighted by atomic mass is 16.6. The van der Waals surface area contributed by atoms with Crippen molar-refractivity contribution in [1.82, 2.24) is 0 Å². The SMILES string of the molecule is CNc1ccc(C2(c3ccc(N(C)C)cc3)OC(=O)c3cc(N(C)C)ccc32)cc1. The summed E-state index contributed by atoms with van der Waals surface area (Å²) in [5.41, 5.74) is 5.41. The van der Waals surface area contributed by atoms with Crippen LogP contribution in [0.5, 0.6) is 0 Å². The summed E-state index contributed by atoms with van der Waals surface area (Å²) in [5.74, 6) is -0.303. The van der Waals surface area contributed by atoms with Gasteiger partial charge in [0.15, 0.2) is 5.60 Å². The Morgan fingerprint density at radius 1 is 0.767 bits per heavy atom. The zero-order valence-corrected chi connectivity index (χ0v) is 18.1. The number of rotatable bonds is 5. The molecule has 1 unspecified atom stereocenters. The van der Waals surface area contributed by atoms with Gasteiger partial charge >= 0.3 is 5.97 Å². The van der Waals surface area contributed by atoms with Gasteiger partial charge in [-0.15, -0.1) is 0 Å². The zero-order valence-electron chi connectivity index (χ0n) is 18.1. The molecule has 1 heterocycles. The number of carbonyl (C=O) groups excluding carboxylic acids is 1. The standard InChI is InChI=1S/C25H27N3O2/c1-26-19-10-6-17(7-11-19)25(18-8-12-20(13-9-18)27(2)3)23-15-14-21(28(4)5)16-22(23)24(29)30-25/h6-16,26H,1-5H3. The molecule has 1 N–H and O–H groups in total. The summed E-state index contributed by atoms with van der Waals surface area (Å²) in [4.78, 5) is 17.1. The first-order valence-electron chi connectivity index (χ1n) is 9.98. The van der Waals surface area contributed by atoms with Crippen molar-refractivity contribution in [2.75, 3.05) is 50.4 Å². The summed E-state index contributed by atoms with van der Waals surface area (Å²) in [6, 6.07) is 22.2. The number of benzene rings is 3. The van der Waals surface area contributed by atoms with E-state index in [0.29, 0.717) is 5.56 Å². The quantitative estimate of drug-likeness (QED) is 0.645. The van der Waals surface area contributed by atoms with E-state index >= 15 is 0 Å². The van der Waals surface area contributed by atoms with Gasteiger partial charge in [0.25, 0.3) is 0 Å². The highest BCUT2D eigenvalue weighted by Crippen LogP contribution is 2.48. The number of hydrogen-bond acceptors (Lipinski definition) is 5. The smallest absolute Gasteiger partial charge is 0.340 e. The molecule has 0 radical (unpaired) electrons. The van der Waals surface area contributed by atoms with Crippen LogP contribution < -0.4 is 15.1 Å². The lowest BCUT2D eigenvalue weighted by molar-refractivity contribution is 0.0251. The minimum absolute atomic E-state index is 0.303. The van der Waals surface area contributed by atoms with Crippen LogP contribution in [0.3, 0.4) is 0 Å². The number of nitrogens with one attached hydrogen (secondary N) is 1. The third-order valence-corrected chi connectivity index (χ3v) is 5.73. The maximum atomic E-state index is 13.0. The summed E-state index contributed by atoms with van der Waals surface area (Å²) < 4.78 is 6.21. The summed E-state index contributed by atoms with van der Waals surface area (Å²) in [5, 5.41) is 3.15. The maximum Gasteiger partial charge on any atom is 0.340 e. The molecule has 1 aliphatic rings. The first kappa shape index (κ1) is 19.8. The average Bonchev–Trinajstić information content (AvgIpc) is 3.06. The molecule has 5 nitrogen and oxygen atoms in total. The van der Waals surface area contributed by atoms with Crippen LogP contribution in [-0.4, -0.2) is 41.2 Å². The highest BCUT2D eigenvalue weighted by Gasteiger charge is 2.48. The van der Waals surface area contributed by atoms with Gasteiger partial charge in [0.05, 0.1) is 5.56 Å². The topological polar surface area (TPSA) is 44.8 Å². The van der Waals surface area contributed by atoms with Gasteiger partial charge in [0, 0.05) is 69.0 Å². The van der Waals surface area contributed by atoms with E-state index in [1.807, 2.05) is 94.7 Å². The van der Waals surface area contributed by atoms with Gasteiger partial charge in [0.2, 0.25) is 0 Å². The maximum absolute atomic E-state index is 13.0. The Labute approximate surface area is 177 Å². The predicted octanol–water partition coefficient (Wildman–Crippen LogP) is 4.32. The van der Waals surface area contributed by atoms with E-state index in [0.717, 1.165) is 33.8 Å². The van der Waals surface area contributed by atoms with Crippen LogP contribution in [-0.2, 0) is 10.3 Å². The Kier molecular flexibility index (Phi) is 4.90. The average molecular weight is 402 g/mol. The van der Waals surface area contributed by atoms with E-state index in [9.17, 15) is 4.79 Å². The molecule has 1 atom stereocenters. The lowest BCUT2D eigenvalue weighted by Gasteiger charge is -2.31. The third kappa shape index (κ3) is 3.07. The Hall–Kier alpha value is -3.47. The van der Waals surface area contributed by atoms with Crippen molar-refractivity contribution in [3.63, 3.8) is 0 Å². The van der Waals surface area contributed by atoms with Gasteiger partial charge in [-0.25, -0.2) is 4.79 Å². The van der Waals surface area contributed by atoms with Gasteiger partial charge < -0.3 is 19.9 Å². The second-order valence-corrected chi connectivity index (χ2v) is 7.96. The number of carbonyl (C=O) groups is 1. The summed E-state index contributed by atoms with van der Waals surface area (Å²) >= 11 is 0. The molecule has 0 saturated heterocycles. The molecule has 1 aliphatic heterocycles. The number of ether oxygens (including phenoxy) is 1. The molecular formula is C25H27N3O2. The molecule has 0 fully saturated rings. The molecule has 0 amide bonds. The highest BCUT2D eigenvalue weighted by molar-refractivity contribution is 5.97. The van der Waals surface area contributed by atoms with Crippen LogP contribution in [0.4, 0.5) is 17.1 Å². The van der Waals surface area contributed by atoms with Gasteiger partial charge in [0.1, 0.15) is 0 Å². The first-order chi connectivity index (χ1) is 14.4. The van der Waals surface area contributed by atoms with Gasteiger partial charge in [-0.2, -0.15) is 0 Å². The molecule has 0 saturated carbocycles. The number of nitrogens with zero attached hydrogens (tertiary/aromatic N) is 2. The van der Waals surface area contributed by atoms with Gasteiger partial charge in [-0.3, -0.25) is 0 Å². The Balaban J connectivity index is 1.95. The van der Waals surface area contributed by atoms with E-state index in [4.69, 9.17) is 4.74 Å². The van der Waals surface area contributed by atoms with E-state index in [2.05, 4.69) is 22.3 Å². The molecular weight excluding hydrogens is 374 g/mol. The van der Waals surface area contributed by atoms with Crippen molar-refractivity contribution in [2.45, 2.75) is 5.60 Å². The van der Waals surface area contributed by atoms with Crippen molar-refractivity contribution in [1.29, 1.82) is 0 Å². The van der Waals surface area contributed by atoms with Gasteiger partial charge in [-0.1, -0.05) is 30.3 Å². The van der Waals surface area contributed by atoms with Crippen LogP contribution in [0.2, 0.25) is 0 Å². The summed E-state index contributed by atoms with van der Waals surface area (Å²) in [7, 11) is 9.83. The molecule has 4 rings (SSSR count). The molecule has 0 aromatic heterocycles. The normalized spacial score (nSPS) is 17.3. The van der Waals surface area contributed by atoms with Crippen molar-refractivity contribution >= 4 is 23.0 Å². The van der Waals surface area contributed by atoms with E-state index in [-0.39, 0.29) is 5.97 Å². The minimum Gasteiger partial charge on any atom is -0.441 e. The number of fused-ring (bicyclic) bond motifs is 1. The van der Waals surface area contributed by atoms with Crippen LogP contribution in [0.25, 0.3) is 0 Å². The molecule has 3 aromatic rings. The van der Waals surface area contributed by atoms with Crippen molar-refractivity contribution in [3.8, 4) is 0 Å². The summed E-state index contributed by atoms with van der Waals surface area (Å²) in [6.07, 6.45) is 0. The molecule has 0 aliphatic carbocycles. The first-order valence-corrected chi connectivity index (χ1v) is 9.98. The van der Waals surface area contributed by atoms with Crippen molar-refractivity contribution in [3.05, 3.63) is 89.0 Å². The fraction of sp³-hybridized carbons (Fsp3) is 0.240. The lowest BCUT2D eigenvalue weighted by atomic mass is 9.79. The molecule has 154 valence electrons. The Morgan fingerprint density at radius 2 is 1.30 bits per heavy atom. The van der Waals surface area contributed by atoms with E-state index < -0.39 is 5.60 Å². The Bertz CT molecular complexity index is 1070. The largest absolute Gasteiger partial charge is 0.441 e. The number of hydrogen-bond donors (Lipinski definition) is 1. The van der Waals surface area contributed by atoms with E-state index in [1.165, 1.54) is 0 Å². The van der Waals surface area contributed by atoms with Crippen LogP contribution >= 0.6 is 0 Å². The summed E-state index contributed by atoms with van der Waals surface area (Å²) in [6.45, 7) is 0.